The number of hydrogen-bond acceptors (Lipinski definition) is 4. The standard InChI is InChI=1S/C18H28N4O2/c1-3-9-19-16(23)7-6-14-11-20-18(24)17-15(21(14)2)8-10-22(17)12-13-4-5-13/h1,13-15,17H,4-12H2,2H3,(H,19,23)(H,20,24). The van der Waals surface area contributed by atoms with Crippen molar-refractivity contribution < 1.29 is 9.59 Å². The van der Waals surface area contributed by atoms with Gasteiger partial charge in [0.15, 0.2) is 0 Å². The van der Waals surface area contributed by atoms with Crippen molar-refractivity contribution in [3.8, 4) is 12.3 Å². The quantitative estimate of drug-likeness (QED) is 0.661. The maximum Gasteiger partial charge on any atom is 0.239 e. The van der Waals surface area contributed by atoms with Crippen molar-refractivity contribution in [1.29, 1.82) is 0 Å². The molecule has 2 saturated heterocycles. The van der Waals surface area contributed by atoms with Gasteiger partial charge in [-0.1, -0.05) is 5.92 Å². The molecule has 1 saturated carbocycles. The Morgan fingerprint density at radius 1 is 1.42 bits per heavy atom. The lowest BCUT2D eigenvalue weighted by atomic mass is 10.0. The summed E-state index contributed by atoms with van der Waals surface area (Å²) in [4.78, 5) is 29.1. The second-order valence-corrected chi connectivity index (χ2v) is 7.32. The Kier molecular flexibility index (Phi) is 5.42. The van der Waals surface area contributed by atoms with Crippen molar-refractivity contribution in [2.24, 2.45) is 5.92 Å². The highest BCUT2D eigenvalue weighted by Gasteiger charge is 2.46. The van der Waals surface area contributed by atoms with Crippen LogP contribution in [0.25, 0.3) is 0 Å². The number of amides is 2. The van der Waals surface area contributed by atoms with Crippen LogP contribution in [0.3, 0.4) is 0 Å². The van der Waals surface area contributed by atoms with Gasteiger partial charge in [-0.15, -0.1) is 6.42 Å². The molecule has 3 unspecified atom stereocenters. The molecule has 0 aromatic carbocycles. The zero-order valence-electron chi connectivity index (χ0n) is 14.5. The first-order chi connectivity index (χ1) is 11.6. The number of nitrogens with zero attached hydrogens (tertiary/aromatic N) is 2. The number of likely N-dealkylation sites (tertiary alicyclic amines) is 1. The first kappa shape index (κ1) is 17.2. The van der Waals surface area contributed by atoms with Gasteiger partial charge in [-0.3, -0.25) is 19.4 Å². The maximum atomic E-state index is 12.6. The molecule has 1 aliphatic carbocycles. The van der Waals surface area contributed by atoms with Crippen LogP contribution < -0.4 is 10.6 Å². The van der Waals surface area contributed by atoms with Crippen LogP contribution in [-0.2, 0) is 9.59 Å². The highest BCUT2D eigenvalue weighted by Crippen LogP contribution is 2.34. The van der Waals surface area contributed by atoms with E-state index in [-0.39, 0.29) is 36.5 Å². The molecule has 3 fully saturated rings. The Morgan fingerprint density at radius 2 is 2.21 bits per heavy atom. The smallest absolute Gasteiger partial charge is 0.239 e. The zero-order chi connectivity index (χ0) is 17.1. The van der Waals surface area contributed by atoms with Crippen LogP contribution in [0.15, 0.2) is 0 Å². The van der Waals surface area contributed by atoms with Crippen LogP contribution in [0, 0.1) is 18.3 Å². The lowest BCUT2D eigenvalue weighted by Gasteiger charge is -2.33. The molecule has 2 N–H and O–H groups in total. The Labute approximate surface area is 144 Å². The van der Waals surface area contributed by atoms with Crippen molar-refractivity contribution in [1.82, 2.24) is 20.4 Å². The average Bonchev–Trinajstić information content (AvgIpc) is 3.30. The largest absolute Gasteiger partial charge is 0.353 e. The summed E-state index contributed by atoms with van der Waals surface area (Å²) in [6.45, 7) is 2.94. The van der Waals surface area contributed by atoms with Crippen LogP contribution in [0.4, 0.5) is 0 Å². The number of hydrogen-bond donors (Lipinski definition) is 2. The minimum atomic E-state index is -0.0316. The molecular weight excluding hydrogens is 304 g/mol. The van der Waals surface area contributed by atoms with Gasteiger partial charge in [0, 0.05) is 38.1 Å². The minimum Gasteiger partial charge on any atom is -0.353 e. The van der Waals surface area contributed by atoms with E-state index in [1.165, 1.54) is 12.8 Å². The van der Waals surface area contributed by atoms with Crippen molar-refractivity contribution in [2.75, 3.05) is 33.2 Å². The molecular formula is C18H28N4O2. The Hall–Kier alpha value is -1.58. The summed E-state index contributed by atoms with van der Waals surface area (Å²) in [5.74, 6) is 3.34. The van der Waals surface area contributed by atoms with E-state index in [0.717, 1.165) is 31.8 Å². The van der Waals surface area contributed by atoms with Gasteiger partial charge in [-0.2, -0.15) is 0 Å². The van der Waals surface area contributed by atoms with E-state index in [9.17, 15) is 9.59 Å². The number of terminal acetylenes is 1. The van der Waals surface area contributed by atoms with E-state index in [1.54, 1.807) is 0 Å². The number of rotatable bonds is 6. The van der Waals surface area contributed by atoms with E-state index in [0.29, 0.717) is 13.0 Å². The average molecular weight is 332 g/mol. The van der Waals surface area contributed by atoms with E-state index >= 15 is 0 Å². The molecule has 2 aliphatic heterocycles. The van der Waals surface area contributed by atoms with E-state index in [2.05, 4.69) is 33.4 Å². The second kappa shape index (κ2) is 7.54. The predicted molar refractivity (Wildman–Crippen MR) is 92.1 cm³/mol. The highest BCUT2D eigenvalue weighted by molar-refractivity contribution is 5.83. The maximum absolute atomic E-state index is 12.6. The molecule has 24 heavy (non-hydrogen) atoms. The number of carbonyl (C=O) groups excluding carboxylic acids is 2. The molecule has 0 spiro atoms. The summed E-state index contributed by atoms with van der Waals surface area (Å²) in [5, 5.41) is 5.80. The number of likely N-dealkylation sites (N-methyl/N-ethyl adjacent to an activating group) is 1. The van der Waals surface area contributed by atoms with E-state index in [4.69, 9.17) is 6.42 Å². The van der Waals surface area contributed by atoms with Gasteiger partial charge in [-0.25, -0.2) is 0 Å². The van der Waals surface area contributed by atoms with Gasteiger partial charge in [0.25, 0.3) is 0 Å². The summed E-state index contributed by atoms with van der Waals surface area (Å²) in [6, 6.07) is 0.419. The fraction of sp³-hybridized carbons (Fsp3) is 0.778. The molecule has 132 valence electrons. The van der Waals surface area contributed by atoms with Crippen LogP contribution in [0.5, 0.6) is 0 Å². The van der Waals surface area contributed by atoms with Gasteiger partial charge in [0.1, 0.15) is 6.04 Å². The van der Waals surface area contributed by atoms with Gasteiger partial charge < -0.3 is 10.6 Å². The number of fused-ring (bicyclic) bond motifs is 1. The highest BCUT2D eigenvalue weighted by atomic mass is 16.2. The summed E-state index contributed by atoms with van der Waals surface area (Å²) in [5.41, 5.74) is 0. The SMILES string of the molecule is C#CCNC(=O)CCC1CNC(=O)C2C(CCN2CC2CC2)N1C. The second-order valence-electron chi connectivity index (χ2n) is 7.32. The summed E-state index contributed by atoms with van der Waals surface area (Å²) in [6.07, 6.45) is 9.98. The van der Waals surface area contributed by atoms with Crippen molar-refractivity contribution in [3.05, 3.63) is 0 Å². The van der Waals surface area contributed by atoms with Crippen LogP contribution in [0.2, 0.25) is 0 Å². The van der Waals surface area contributed by atoms with Gasteiger partial charge in [0.05, 0.1) is 6.54 Å². The molecule has 0 bridgehead atoms. The van der Waals surface area contributed by atoms with E-state index in [1.807, 2.05) is 0 Å². The monoisotopic (exact) mass is 332 g/mol. The molecule has 6 nitrogen and oxygen atoms in total. The Bertz CT molecular complexity index is 526. The Balaban J connectivity index is 1.58. The molecule has 0 aromatic heterocycles. The van der Waals surface area contributed by atoms with E-state index < -0.39 is 0 Å². The third kappa shape index (κ3) is 3.90. The normalized spacial score (nSPS) is 31.0. The third-order valence-electron chi connectivity index (χ3n) is 5.63. The predicted octanol–water partition coefficient (Wildman–Crippen LogP) is -0.201. The fourth-order valence-corrected chi connectivity index (χ4v) is 4.02. The summed E-state index contributed by atoms with van der Waals surface area (Å²) in [7, 11) is 2.10. The van der Waals surface area contributed by atoms with Crippen LogP contribution in [0.1, 0.15) is 32.1 Å². The fourth-order valence-electron chi connectivity index (χ4n) is 4.02. The minimum absolute atomic E-state index is 0.0183. The lowest BCUT2D eigenvalue weighted by molar-refractivity contribution is -0.126. The molecule has 0 radical (unpaired) electrons. The van der Waals surface area contributed by atoms with Gasteiger partial charge in [-0.05, 0) is 38.6 Å². The van der Waals surface area contributed by atoms with Crippen molar-refractivity contribution >= 4 is 11.8 Å². The number of nitrogens with one attached hydrogen (secondary N) is 2. The van der Waals surface area contributed by atoms with Gasteiger partial charge >= 0.3 is 0 Å². The molecule has 6 heteroatoms. The molecule has 3 atom stereocenters. The molecule has 0 aromatic rings. The molecule has 2 amide bonds. The lowest BCUT2D eigenvalue weighted by Crippen LogP contribution is -2.50. The topological polar surface area (TPSA) is 64.7 Å². The zero-order valence-corrected chi connectivity index (χ0v) is 14.5. The van der Waals surface area contributed by atoms with Crippen LogP contribution >= 0.6 is 0 Å². The molecule has 2 heterocycles. The summed E-state index contributed by atoms with van der Waals surface area (Å²) < 4.78 is 0. The molecule has 3 rings (SSSR count). The summed E-state index contributed by atoms with van der Waals surface area (Å²) >= 11 is 0. The first-order valence-corrected chi connectivity index (χ1v) is 9.04. The molecule has 3 aliphatic rings. The van der Waals surface area contributed by atoms with Gasteiger partial charge in [0.2, 0.25) is 11.8 Å². The Morgan fingerprint density at radius 3 is 2.92 bits per heavy atom. The third-order valence-corrected chi connectivity index (χ3v) is 5.63. The first-order valence-electron chi connectivity index (χ1n) is 9.04. The van der Waals surface area contributed by atoms with Crippen molar-refractivity contribution in [2.45, 2.75) is 50.2 Å². The van der Waals surface area contributed by atoms with Crippen molar-refractivity contribution in [3.63, 3.8) is 0 Å². The number of carbonyl (C=O) groups is 2. The van der Waals surface area contributed by atoms with Crippen LogP contribution in [-0.4, -0.2) is 73.0 Å².